The van der Waals surface area contributed by atoms with Crippen molar-refractivity contribution < 1.29 is 24.2 Å². The van der Waals surface area contributed by atoms with Gasteiger partial charge in [0.05, 0.1) is 29.9 Å². The molecule has 1 aromatic carbocycles. The van der Waals surface area contributed by atoms with Crippen molar-refractivity contribution in [2.24, 2.45) is 0 Å². The SMILES string of the molecule is CCOC(=O)c1ccccc1NC(=O)N[C@@H](C)C(=O)[O-]. The first-order valence-electron chi connectivity index (χ1n) is 6.00. The van der Waals surface area contributed by atoms with E-state index in [0.717, 1.165) is 0 Å². The third-order valence-corrected chi connectivity index (χ3v) is 2.37. The Morgan fingerprint density at radius 2 is 1.95 bits per heavy atom. The summed E-state index contributed by atoms with van der Waals surface area (Å²) in [5.41, 5.74) is 0.416. The van der Waals surface area contributed by atoms with Crippen molar-refractivity contribution in [3.63, 3.8) is 0 Å². The minimum atomic E-state index is -1.40. The van der Waals surface area contributed by atoms with E-state index in [9.17, 15) is 19.5 Å². The van der Waals surface area contributed by atoms with Crippen LogP contribution in [0.15, 0.2) is 24.3 Å². The first kappa shape index (κ1) is 15.5. The molecule has 0 aliphatic rings. The highest BCUT2D eigenvalue weighted by atomic mass is 16.5. The summed E-state index contributed by atoms with van der Waals surface area (Å²) in [6.07, 6.45) is 0. The predicted octanol–water partition coefficient (Wildman–Crippen LogP) is 0.123. The minimum Gasteiger partial charge on any atom is -0.548 e. The maximum Gasteiger partial charge on any atom is 0.340 e. The average Bonchev–Trinajstić information content (AvgIpc) is 2.39. The number of hydrogen-bond donors (Lipinski definition) is 2. The van der Waals surface area contributed by atoms with Gasteiger partial charge in [-0.3, -0.25) is 0 Å². The van der Waals surface area contributed by atoms with Crippen LogP contribution in [0, 0.1) is 0 Å². The molecular weight excluding hydrogens is 264 g/mol. The van der Waals surface area contributed by atoms with Crippen molar-refractivity contribution in [3.8, 4) is 0 Å². The van der Waals surface area contributed by atoms with Gasteiger partial charge >= 0.3 is 12.0 Å². The molecule has 1 aromatic rings. The Morgan fingerprint density at radius 3 is 2.55 bits per heavy atom. The summed E-state index contributed by atoms with van der Waals surface area (Å²) in [6.45, 7) is 3.15. The number of esters is 1. The topological polar surface area (TPSA) is 108 Å². The van der Waals surface area contributed by atoms with E-state index in [1.807, 2.05) is 0 Å². The molecule has 1 atom stereocenters. The van der Waals surface area contributed by atoms with Gasteiger partial charge in [-0.05, 0) is 26.0 Å². The second kappa shape index (κ2) is 7.13. The number of urea groups is 1. The highest BCUT2D eigenvalue weighted by Gasteiger charge is 2.14. The maximum atomic E-state index is 11.7. The number of carboxylic acid groups (broad SMARTS) is 1. The van der Waals surface area contributed by atoms with Crippen molar-refractivity contribution in [1.82, 2.24) is 5.32 Å². The first-order valence-corrected chi connectivity index (χ1v) is 6.00. The number of para-hydroxylation sites is 1. The van der Waals surface area contributed by atoms with Crippen LogP contribution in [0.25, 0.3) is 0 Å². The number of nitrogens with one attached hydrogen (secondary N) is 2. The Hall–Kier alpha value is -2.57. The van der Waals surface area contributed by atoms with Gasteiger partial charge in [-0.25, -0.2) is 9.59 Å². The molecule has 0 heterocycles. The molecule has 1 rings (SSSR count). The van der Waals surface area contributed by atoms with E-state index in [1.165, 1.54) is 19.1 Å². The van der Waals surface area contributed by atoms with Gasteiger partial charge in [0.25, 0.3) is 0 Å². The van der Waals surface area contributed by atoms with Gasteiger partial charge < -0.3 is 25.3 Å². The van der Waals surface area contributed by atoms with Gasteiger partial charge in [0.15, 0.2) is 0 Å². The number of carbonyl (C=O) groups excluding carboxylic acids is 3. The second-order valence-electron chi connectivity index (χ2n) is 3.91. The number of amides is 2. The lowest BCUT2D eigenvalue weighted by atomic mass is 10.2. The Morgan fingerprint density at radius 1 is 1.30 bits per heavy atom. The monoisotopic (exact) mass is 279 g/mol. The number of hydrogen-bond acceptors (Lipinski definition) is 5. The fraction of sp³-hybridized carbons (Fsp3) is 0.308. The van der Waals surface area contributed by atoms with Crippen LogP contribution in [-0.4, -0.2) is 30.6 Å². The van der Waals surface area contributed by atoms with Crippen molar-refractivity contribution in [1.29, 1.82) is 0 Å². The fourth-order valence-corrected chi connectivity index (χ4v) is 1.39. The van der Waals surface area contributed by atoms with Crippen LogP contribution in [0.1, 0.15) is 24.2 Å². The van der Waals surface area contributed by atoms with Gasteiger partial charge in [0, 0.05) is 0 Å². The van der Waals surface area contributed by atoms with Gasteiger partial charge in [0.2, 0.25) is 0 Å². The zero-order valence-electron chi connectivity index (χ0n) is 11.1. The van der Waals surface area contributed by atoms with Crippen LogP contribution in [0.3, 0.4) is 0 Å². The van der Waals surface area contributed by atoms with Crippen molar-refractivity contribution in [3.05, 3.63) is 29.8 Å². The average molecular weight is 279 g/mol. The first-order chi connectivity index (χ1) is 9.45. The lowest BCUT2D eigenvalue weighted by Gasteiger charge is -2.16. The smallest absolute Gasteiger partial charge is 0.340 e. The van der Waals surface area contributed by atoms with E-state index >= 15 is 0 Å². The zero-order valence-corrected chi connectivity index (χ0v) is 11.1. The number of anilines is 1. The molecule has 0 saturated heterocycles. The molecule has 108 valence electrons. The van der Waals surface area contributed by atoms with Crippen molar-refractivity contribution >= 4 is 23.7 Å². The molecule has 0 radical (unpaired) electrons. The zero-order chi connectivity index (χ0) is 15.1. The molecule has 2 N–H and O–H groups in total. The van der Waals surface area contributed by atoms with Crippen LogP contribution >= 0.6 is 0 Å². The number of carbonyl (C=O) groups is 3. The van der Waals surface area contributed by atoms with Crippen LogP contribution in [0.5, 0.6) is 0 Å². The fourth-order valence-electron chi connectivity index (χ4n) is 1.39. The lowest BCUT2D eigenvalue weighted by Crippen LogP contribution is -2.47. The standard InChI is InChI=1S/C13H16N2O5/c1-3-20-12(18)9-6-4-5-7-10(9)15-13(19)14-8(2)11(16)17/h4-8H,3H2,1-2H3,(H,16,17)(H2,14,15,19)/p-1/t8-/m0/s1. The Bertz CT molecular complexity index is 515. The predicted molar refractivity (Wildman–Crippen MR) is 69.0 cm³/mol. The number of ether oxygens (including phenoxy) is 1. The number of aliphatic carboxylic acids is 1. The molecule has 0 aliphatic carbocycles. The van der Waals surface area contributed by atoms with E-state index in [0.29, 0.717) is 0 Å². The Labute approximate surface area is 115 Å². The molecule has 0 bridgehead atoms. The second-order valence-corrected chi connectivity index (χ2v) is 3.91. The highest BCUT2D eigenvalue weighted by Crippen LogP contribution is 2.16. The summed E-state index contributed by atoms with van der Waals surface area (Å²) < 4.78 is 4.85. The minimum absolute atomic E-state index is 0.186. The molecule has 7 heteroatoms. The highest BCUT2D eigenvalue weighted by molar-refractivity contribution is 6.01. The lowest BCUT2D eigenvalue weighted by molar-refractivity contribution is -0.307. The number of benzene rings is 1. The number of rotatable bonds is 5. The molecule has 0 aromatic heterocycles. The molecule has 0 unspecified atom stereocenters. The summed E-state index contributed by atoms with van der Waals surface area (Å²) in [5, 5.41) is 15.1. The summed E-state index contributed by atoms with van der Waals surface area (Å²) in [6, 6.07) is 4.36. The third kappa shape index (κ3) is 4.27. The third-order valence-electron chi connectivity index (χ3n) is 2.37. The van der Waals surface area contributed by atoms with E-state index in [1.54, 1.807) is 19.1 Å². The molecule has 7 nitrogen and oxygen atoms in total. The summed E-state index contributed by atoms with van der Waals surface area (Å²) >= 11 is 0. The molecular formula is C13H15N2O5-. The van der Waals surface area contributed by atoms with Crippen LogP contribution < -0.4 is 15.7 Å². The summed E-state index contributed by atoms with van der Waals surface area (Å²) in [5.74, 6) is -1.98. The van der Waals surface area contributed by atoms with Gasteiger partial charge in [0.1, 0.15) is 0 Å². The number of carboxylic acids is 1. The molecule has 0 aliphatic heterocycles. The Balaban J connectivity index is 2.79. The van der Waals surface area contributed by atoms with Crippen molar-refractivity contribution in [2.75, 3.05) is 11.9 Å². The van der Waals surface area contributed by atoms with Gasteiger partial charge in [-0.15, -0.1) is 0 Å². The molecule has 20 heavy (non-hydrogen) atoms. The molecule has 0 fully saturated rings. The van der Waals surface area contributed by atoms with Crippen LogP contribution in [0.4, 0.5) is 10.5 Å². The van der Waals surface area contributed by atoms with Gasteiger partial charge in [-0.2, -0.15) is 0 Å². The normalized spacial score (nSPS) is 11.3. The van der Waals surface area contributed by atoms with E-state index < -0.39 is 24.0 Å². The summed E-state index contributed by atoms with van der Waals surface area (Å²) in [7, 11) is 0. The molecule has 2 amide bonds. The Kier molecular flexibility index (Phi) is 5.52. The van der Waals surface area contributed by atoms with E-state index in [-0.39, 0.29) is 17.9 Å². The van der Waals surface area contributed by atoms with Crippen LogP contribution in [-0.2, 0) is 9.53 Å². The molecule has 0 spiro atoms. The van der Waals surface area contributed by atoms with Crippen LogP contribution in [0.2, 0.25) is 0 Å². The van der Waals surface area contributed by atoms with Gasteiger partial charge in [-0.1, -0.05) is 12.1 Å². The van der Waals surface area contributed by atoms with Crippen molar-refractivity contribution in [2.45, 2.75) is 19.9 Å². The summed E-state index contributed by atoms with van der Waals surface area (Å²) in [4.78, 5) is 33.8. The molecule has 0 saturated carbocycles. The largest absolute Gasteiger partial charge is 0.548 e. The van der Waals surface area contributed by atoms with E-state index in [2.05, 4.69) is 10.6 Å². The van der Waals surface area contributed by atoms with E-state index in [4.69, 9.17) is 4.74 Å². The quantitative estimate of drug-likeness (QED) is 0.744. The maximum absolute atomic E-state index is 11.7.